The molecule has 1 saturated heterocycles. The van der Waals surface area contributed by atoms with Gasteiger partial charge in [-0.1, -0.05) is 12.1 Å². The fraction of sp³-hybridized carbons (Fsp3) is 0.400. The van der Waals surface area contributed by atoms with E-state index in [1.807, 2.05) is 4.90 Å². The number of hydrogen-bond acceptors (Lipinski definition) is 11. The maximum atomic E-state index is 13.5. The zero-order valence-electron chi connectivity index (χ0n) is 25.1. The molecule has 0 unspecified atom stereocenters. The minimum Gasteiger partial charge on any atom is -0.497 e. The highest BCUT2D eigenvalue weighted by atomic mass is 32.2. The van der Waals surface area contributed by atoms with Gasteiger partial charge < -0.3 is 19.5 Å². The number of allylic oxidation sites excluding steroid dienone is 2. The fourth-order valence-electron chi connectivity index (χ4n) is 5.33. The van der Waals surface area contributed by atoms with Crippen molar-refractivity contribution in [3.05, 3.63) is 86.7 Å². The molecule has 0 spiro atoms. The molecule has 1 fully saturated rings. The van der Waals surface area contributed by atoms with Gasteiger partial charge in [0.25, 0.3) is 5.69 Å². The molecule has 0 saturated carbocycles. The number of carbonyl (C=O) groups is 2. The lowest BCUT2D eigenvalue weighted by Crippen LogP contribution is -2.49. The van der Waals surface area contributed by atoms with Crippen molar-refractivity contribution in [1.82, 2.24) is 14.5 Å². The summed E-state index contributed by atoms with van der Waals surface area (Å²) in [6, 6.07) is 12.0. The zero-order chi connectivity index (χ0) is 32.0. The van der Waals surface area contributed by atoms with Crippen LogP contribution in [0.5, 0.6) is 5.75 Å². The van der Waals surface area contributed by atoms with E-state index in [4.69, 9.17) is 14.2 Å². The Labute approximate surface area is 256 Å². The Hall–Kier alpha value is -4.27. The maximum absolute atomic E-state index is 13.5. The molecular weight excluding hydrogens is 592 g/mol. The highest BCUT2D eigenvalue weighted by Gasteiger charge is 2.38. The minimum atomic E-state index is -3.66. The number of carbonyl (C=O) groups excluding carboxylic acids is 2. The Morgan fingerprint density at radius 1 is 0.977 bits per heavy atom. The largest absolute Gasteiger partial charge is 0.497 e. The van der Waals surface area contributed by atoms with Gasteiger partial charge in [-0.05, 0) is 50.6 Å². The molecule has 2 aliphatic heterocycles. The van der Waals surface area contributed by atoms with Crippen molar-refractivity contribution in [2.24, 2.45) is 0 Å². The van der Waals surface area contributed by atoms with Crippen LogP contribution < -0.4 is 10.1 Å². The van der Waals surface area contributed by atoms with Gasteiger partial charge in [0.15, 0.2) is 0 Å². The topological polar surface area (TPSA) is 158 Å². The summed E-state index contributed by atoms with van der Waals surface area (Å²) in [5, 5.41) is 14.6. The highest BCUT2D eigenvalue weighted by Crippen LogP contribution is 2.40. The number of rotatable bonds is 11. The van der Waals surface area contributed by atoms with Crippen LogP contribution in [0.3, 0.4) is 0 Å². The van der Waals surface area contributed by atoms with Crippen LogP contribution in [0.2, 0.25) is 0 Å². The van der Waals surface area contributed by atoms with Crippen LogP contribution in [0.15, 0.2) is 76.0 Å². The summed E-state index contributed by atoms with van der Waals surface area (Å²) in [4.78, 5) is 39.7. The second-order valence-electron chi connectivity index (χ2n) is 10.3. The molecule has 0 bridgehead atoms. The number of nitro groups is 1. The van der Waals surface area contributed by atoms with Crippen molar-refractivity contribution >= 4 is 27.6 Å². The van der Waals surface area contributed by atoms with Crippen molar-refractivity contribution < 1.29 is 37.1 Å². The average Bonchev–Trinajstić information content (AvgIpc) is 3.01. The van der Waals surface area contributed by atoms with Gasteiger partial charge in [-0.3, -0.25) is 15.0 Å². The molecule has 13 nitrogen and oxygen atoms in total. The molecule has 44 heavy (non-hydrogen) atoms. The third-order valence-corrected chi connectivity index (χ3v) is 9.47. The molecule has 0 aromatic heterocycles. The zero-order valence-corrected chi connectivity index (χ0v) is 25.9. The van der Waals surface area contributed by atoms with E-state index >= 15 is 0 Å². The molecule has 1 N–H and O–H groups in total. The molecule has 2 aromatic carbocycles. The third kappa shape index (κ3) is 7.09. The molecule has 0 radical (unpaired) electrons. The van der Waals surface area contributed by atoms with Crippen LogP contribution in [-0.4, -0.2) is 87.5 Å². The number of hydrogen-bond donors (Lipinski definition) is 1. The molecule has 236 valence electrons. The monoisotopic (exact) mass is 628 g/mol. The number of nitrogens with zero attached hydrogens (tertiary/aromatic N) is 3. The number of esters is 2. The number of methoxy groups -OCH3 is 1. The van der Waals surface area contributed by atoms with Gasteiger partial charge in [-0.2, -0.15) is 4.31 Å². The summed E-state index contributed by atoms with van der Waals surface area (Å²) in [5.74, 6) is -1.71. The summed E-state index contributed by atoms with van der Waals surface area (Å²) in [6.45, 7) is 6.94. The molecule has 0 amide bonds. The Morgan fingerprint density at radius 3 is 2.16 bits per heavy atom. The van der Waals surface area contributed by atoms with E-state index in [-0.39, 0.29) is 48.0 Å². The maximum Gasteiger partial charge on any atom is 0.336 e. The van der Waals surface area contributed by atoms with E-state index in [0.29, 0.717) is 42.3 Å². The summed E-state index contributed by atoms with van der Waals surface area (Å²) in [5.41, 5.74) is 1.43. The molecule has 4 rings (SSSR count). The first kappa shape index (κ1) is 32.6. The van der Waals surface area contributed by atoms with Crippen molar-refractivity contribution in [2.45, 2.75) is 31.6 Å². The van der Waals surface area contributed by atoms with Crippen LogP contribution in [0.1, 0.15) is 32.3 Å². The number of benzene rings is 2. The molecule has 1 atom stereocenters. The van der Waals surface area contributed by atoms with Crippen molar-refractivity contribution in [2.75, 3.05) is 53.0 Å². The second kappa shape index (κ2) is 14.0. The summed E-state index contributed by atoms with van der Waals surface area (Å²) in [6.07, 6.45) is 0. The van der Waals surface area contributed by atoms with Gasteiger partial charge in [-0.25, -0.2) is 18.0 Å². The molecular formula is C30H36N4O9S. The summed E-state index contributed by atoms with van der Waals surface area (Å²) in [7, 11) is -2.15. The van der Waals surface area contributed by atoms with Gasteiger partial charge in [0.2, 0.25) is 10.0 Å². The van der Waals surface area contributed by atoms with E-state index < -0.39 is 32.8 Å². The molecule has 2 aromatic rings. The van der Waals surface area contributed by atoms with Gasteiger partial charge in [0, 0.05) is 56.3 Å². The number of dihydropyridines is 1. The van der Waals surface area contributed by atoms with E-state index in [1.165, 1.54) is 41.7 Å². The molecule has 2 aliphatic rings. The van der Waals surface area contributed by atoms with E-state index in [2.05, 4.69) is 5.32 Å². The smallest absolute Gasteiger partial charge is 0.336 e. The van der Waals surface area contributed by atoms with Crippen LogP contribution in [-0.2, 0) is 29.1 Å². The lowest BCUT2D eigenvalue weighted by Gasteiger charge is -2.34. The van der Waals surface area contributed by atoms with Gasteiger partial charge in [0.05, 0.1) is 40.6 Å². The number of ether oxygens (including phenoxy) is 3. The fourth-order valence-corrected chi connectivity index (χ4v) is 6.75. The molecule has 14 heteroatoms. The van der Waals surface area contributed by atoms with E-state index in [9.17, 15) is 28.1 Å². The number of piperazine rings is 1. The number of sulfonamides is 1. The van der Waals surface area contributed by atoms with Gasteiger partial charge in [0.1, 0.15) is 12.4 Å². The van der Waals surface area contributed by atoms with Gasteiger partial charge >= 0.3 is 11.9 Å². The summed E-state index contributed by atoms with van der Waals surface area (Å²) >= 11 is 0. The first-order valence-corrected chi connectivity index (χ1v) is 15.6. The van der Waals surface area contributed by atoms with Crippen molar-refractivity contribution in [1.29, 1.82) is 0 Å². The quantitative estimate of drug-likeness (QED) is 0.222. The lowest BCUT2D eigenvalue weighted by atomic mass is 9.80. The number of non-ortho nitro benzene ring substituents is 1. The SMILES string of the molecule is CCOC(=O)C1=C(C)NC(C)=C(C(=O)OCCN2CCN(S(=O)(=O)c3ccc(OC)cc3)CC2)[C@@H]1c1cccc([N+](=O)[O-])c1. The first-order valence-electron chi connectivity index (χ1n) is 14.1. The number of nitro benzene ring substituents is 1. The summed E-state index contributed by atoms with van der Waals surface area (Å²) < 4.78 is 43.6. The standard InChI is InChI=1S/C30H36N4O9S/c1-5-42-29(35)26-20(2)31-21(3)27(28(26)22-7-6-8-23(19-22)34(37)38)30(36)43-18-17-32-13-15-33(16-14-32)44(39,40)25-11-9-24(41-4)10-12-25/h6-12,19,28,31H,5,13-18H2,1-4H3/t28-/m1/s1. The van der Waals surface area contributed by atoms with E-state index in [1.54, 1.807) is 39.0 Å². The van der Waals surface area contributed by atoms with Crippen LogP contribution in [0.25, 0.3) is 0 Å². The minimum absolute atomic E-state index is 0.0138. The highest BCUT2D eigenvalue weighted by molar-refractivity contribution is 7.89. The third-order valence-electron chi connectivity index (χ3n) is 7.56. The Morgan fingerprint density at radius 2 is 1.59 bits per heavy atom. The van der Waals surface area contributed by atoms with Crippen LogP contribution in [0, 0.1) is 10.1 Å². The molecule has 2 heterocycles. The Balaban J connectivity index is 1.44. The molecule has 0 aliphatic carbocycles. The number of nitrogens with one attached hydrogen (secondary N) is 1. The van der Waals surface area contributed by atoms with E-state index in [0.717, 1.165) is 0 Å². The van der Waals surface area contributed by atoms with Gasteiger partial charge in [-0.15, -0.1) is 0 Å². The van der Waals surface area contributed by atoms with Crippen LogP contribution >= 0.6 is 0 Å². The van der Waals surface area contributed by atoms with Crippen molar-refractivity contribution in [3.8, 4) is 5.75 Å². The normalized spacial score (nSPS) is 18.0. The second-order valence-corrected chi connectivity index (χ2v) is 12.2. The predicted octanol–water partition coefficient (Wildman–Crippen LogP) is 2.95. The average molecular weight is 629 g/mol. The van der Waals surface area contributed by atoms with Crippen molar-refractivity contribution in [3.63, 3.8) is 0 Å². The first-order chi connectivity index (χ1) is 21.0. The Kier molecular flexibility index (Phi) is 10.4. The lowest BCUT2D eigenvalue weighted by molar-refractivity contribution is -0.384. The van der Waals surface area contributed by atoms with Crippen LogP contribution in [0.4, 0.5) is 5.69 Å². The predicted molar refractivity (Wildman–Crippen MR) is 160 cm³/mol. The Bertz CT molecular complexity index is 1580.